The second-order valence-electron chi connectivity index (χ2n) is 21.1. The Kier molecular flexibility index (Phi) is 12.1. The molecule has 0 saturated heterocycles. The van der Waals surface area contributed by atoms with Crippen molar-refractivity contribution in [2.45, 2.75) is 90.9 Å². The Labute approximate surface area is 417 Å². The van der Waals surface area contributed by atoms with Crippen molar-refractivity contribution in [2.24, 2.45) is 0 Å². The van der Waals surface area contributed by atoms with Crippen molar-refractivity contribution in [1.29, 1.82) is 0 Å². The molecule has 346 valence electrons. The fourth-order valence-electron chi connectivity index (χ4n) is 9.48. The molecule has 10 rings (SSSR count). The van der Waals surface area contributed by atoms with Crippen LogP contribution in [-0.4, -0.2) is 9.55 Å². The molecule has 9 aromatic rings. The Morgan fingerprint density at radius 3 is 1.75 bits per heavy atom. The van der Waals surface area contributed by atoms with E-state index >= 15 is 0 Å². The van der Waals surface area contributed by atoms with E-state index in [9.17, 15) is 0 Å². The molecule has 0 fully saturated rings. The smallest absolute Gasteiger partial charge is 0.135 e. The van der Waals surface area contributed by atoms with E-state index in [4.69, 9.17) is 9.72 Å². The van der Waals surface area contributed by atoms with Crippen molar-refractivity contribution in [3.63, 3.8) is 0 Å². The van der Waals surface area contributed by atoms with Gasteiger partial charge in [0.1, 0.15) is 5.82 Å². The van der Waals surface area contributed by atoms with Gasteiger partial charge in [-0.05, 0) is 92.1 Å². The summed E-state index contributed by atoms with van der Waals surface area (Å²) >= 11 is 0. The second-order valence-corrected chi connectivity index (χ2v) is 21.1. The summed E-state index contributed by atoms with van der Waals surface area (Å²) in [6, 6.07) is 66.0. The zero-order chi connectivity index (χ0) is 46.9. The van der Waals surface area contributed by atoms with Crippen LogP contribution >= 0.6 is 0 Å². The van der Waals surface area contributed by atoms with E-state index in [0.717, 1.165) is 50.4 Å². The molecule has 0 aliphatic carbocycles. The molecule has 68 heavy (non-hydrogen) atoms. The average Bonchev–Trinajstić information content (AvgIpc) is 3.87. The van der Waals surface area contributed by atoms with Crippen LogP contribution in [0.25, 0.3) is 27.6 Å². The average molecular weight is 1070 g/mol. The number of fused-ring (bicyclic) bond motifs is 4. The maximum Gasteiger partial charge on any atom is 0.135 e. The van der Waals surface area contributed by atoms with Gasteiger partial charge in [-0.15, -0.1) is 48.1 Å². The third-order valence-corrected chi connectivity index (χ3v) is 13.9. The van der Waals surface area contributed by atoms with Gasteiger partial charge in [-0.3, -0.25) is 0 Å². The number of hydrogen-bond acceptors (Lipinski definition) is 4. The van der Waals surface area contributed by atoms with Gasteiger partial charge in [0, 0.05) is 72.2 Å². The summed E-state index contributed by atoms with van der Waals surface area (Å²) in [5.74, 6) is 2.04. The molecule has 0 N–H and O–H groups in total. The van der Waals surface area contributed by atoms with Crippen LogP contribution < -0.4 is 14.5 Å². The number of rotatable bonds is 9. The first-order valence-corrected chi connectivity index (χ1v) is 23.4. The molecule has 0 unspecified atom stereocenters. The second kappa shape index (κ2) is 17.6. The van der Waals surface area contributed by atoms with Crippen molar-refractivity contribution in [3.8, 4) is 17.3 Å². The quantitative estimate of drug-likeness (QED) is 0.135. The molecule has 7 aromatic carbocycles. The molecule has 0 radical (unpaired) electrons. The summed E-state index contributed by atoms with van der Waals surface area (Å²) in [6.07, 6.45) is 1.93. The number of hydrogen-bond donors (Lipinski definition) is 0. The Bertz CT molecular complexity index is 3280. The van der Waals surface area contributed by atoms with Crippen LogP contribution in [0.4, 0.5) is 22.7 Å². The van der Waals surface area contributed by atoms with Gasteiger partial charge in [0.25, 0.3) is 0 Å². The Morgan fingerprint density at radius 1 is 0.471 bits per heavy atom. The minimum Gasteiger partial charge on any atom is -0.509 e. The summed E-state index contributed by atoms with van der Waals surface area (Å²) in [5.41, 5.74) is 13.2. The largest absolute Gasteiger partial charge is 0.509 e. The van der Waals surface area contributed by atoms with Crippen LogP contribution in [0.1, 0.15) is 103 Å². The molecule has 1 aliphatic heterocycles. The van der Waals surface area contributed by atoms with Gasteiger partial charge in [-0.2, -0.15) is 12.1 Å². The zero-order valence-corrected chi connectivity index (χ0v) is 43.0. The number of benzene rings is 7. The number of anilines is 4. The summed E-state index contributed by atoms with van der Waals surface area (Å²) in [7, 11) is 0. The maximum absolute atomic E-state index is 6.76. The molecule has 0 spiro atoms. The van der Waals surface area contributed by atoms with Crippen LogP contribution in [0.15, 0.2) is 170 Å². The van der Waals surface area contributed by atoms with Crippen molar-refractivity contribution in [2.75, 3.05) is 9.80 Å². The van der Waals surface area contributed by atoms with Gasteiger partial charge in [-0.1, -0.05) is 166 Å². The molecule has 5 nitrogen and oxygen atoms in total. The molecular formula is C62H59N4OPt-3. The van der Waals surface area contributed by atoms with Crippen molar-refractivity contribution in [1.82, 2.24) is 9.55 Å². The van der Waals surface area contributed by atoms with Gasteiger partial charge in [0.15, 0.2) is 0 Å². The first-order valence-electron chi connectivity index (χ1n) is 23.4. The normalized spacial score (nSPS) is 13.2. The van der Waals surface area contributed by atoms with Crippen LogP contribution in [0.3, 0.4) is 0 Å². The van der Waals surface area contributed by atoms with E-state index in [1.54, 1.807) is 0 Å². The molecule has 6 heteroatoms. The van der Waals surface area contributed by atoms with Gasteiger partial charge >= 0.3 is 0 Å². The molecule has 0 amide bonds. The summed E-state index contributed by atoms with van der Waals surface area (Å²) < 4.78 is 9.00. The van der Waals surface area contributed by atoms with Crippen molar-refractivity contribution in [3.05, 3.63) is 222 Å². The van der Waals surface area contributed by atoms with Crippen molar-refractivity contribution < 1.29 is 25.8 Å². The monoisotopic (exact) mass is 1070 g/mol. The minimum atomic E-state index is -0.238. The topological polar surface area (TPSA) is 33.5 Å². The van der Waals surface area contributed by atoms with E-state index in [1.807, 2.05) is 24.4 Å². The molecule has 0 bridgehead atoms. The molecule has 1 aliphatic rings. The van der Waals surface area contributed by atoms with Crippen LogP contribution in [-0.2, 0) is 42.7 Å². The first kappa shape index (κ1) is 46.7. The third-order valence-electron chi connectivity index (χ3n) is 13.9. The Balaban J connectivity index is 0.00000578. The third kappa shape index (κ3) is 8.56. The van der Waals surface area contributed by atoms with Gasteiger partial charge in [0.05, 0.1) is 0 Å². The Morgan fingerprint density at radius 2 is 1.07 bits per heavy atom. The van der Waals surface area contributed by atoms with Gasteiger partial charge in [0.2, 0.25) is 0 Å². The predicted octanol–water partition coefficient (Wildman–Crippen LogP) is 16.2. The fraction of sp³-hybridized carbons (Fsp3) is 0.226. The zero-order valence-electron chi connectivity index (χ0n) is 40.8. The van der Waals surface area contributed by atoms with E-state index in [2.05, 4.69) is 248 Å². The number of nitrogens with zero attached hydrogens (tertiary/aromatic N) is 4. The predicted molar refractivity (Wildman–Crippen MR) is 279 cm³/mol. The van der Waals surface area contributed by atoms with Crippen LogP contribution in [0, 0.1) is 18.8 Å². The fourth-order valence-corrected chi connectivity index (χ4v) is 9.48. The SMILES string of the molecule is CC(C)(C)c1ccc2c(c1)N(c1[c-]c(Oc3[c-]c4c(cc3)c3cc(C(C)(C)C)ccc3n4-c3cc(C(C)(C)c4ccccc4)ccn3)ccc1)[CH-]N2c1cccc(C(C)(C)c2ccccc2)c1.[Pt]. The van der Waals surface area contributed by atoms with E-state index < -0.39 is 0 Å². The number of ether oxygens (including phenoxy) is 1. The van der Waals surface area contributed by atoms with Gasteiger partial charge in [-0.25, -0.2) is 4.98 Å². The number of pyridine rings is 1. The summed E-state index contributed by atoms with van der Waals surface area (Å²) in [5, 5.41) is 2.25. The first-order chi connectivity index (χ1) is 32.0. The molecule has 3 heterocycles. The van der Waals surface area contributed by atoms with Crippen LogP contribution in [0.2, 0.25) is 0 Å². The standard InChI is InChI=1S/C62H59N4O.Pt/c1-59(2,3)44-27-31-54-53(36-44)52-30-29-51(40-56(52)66(54)58-38-47(33-34-63-58)62(9,10)43-21-15-12-16-22-43)67-50-26-18-25-49(39-50)65-41-64(55-32-28-45(37-57(55)65)60(4,5)6)48-24-17-23-46(35-48)61(7,8)42-19-13-11-14-20-42;/h11-38,41H,1-10H3;/q-3;. The molecule has 2 aromatic heterocycles. The minimum absolute atomic E-state index is 0. The van der Waals surface area contributed by atoms with E-state index in [-0.39, 0.29) is 42.7 Å². The maximum atomic E-state index is 6.76. The Hall–Kier alpha value is -6.42. The van der Waals surface area contributed by atoms with E-state index in [1.165, 1.54) is 33.4 Å². The van der Waals surface area contributed by atoms with Crippen molar-refractivity contribution >= 4 is 44.6 Å². The van der Waals surface area contributed by atoms with E-state index in [0.29, 0.717) is 11.5 Å². The summed E-state index contributed by atoms with van der Waals surface area (Å²) in [6.45, 7) is 24.9. The number of aromatic nitrogens is 2. The van der Waals surface area contributed by atoms with Crippen LogP contribution in [0.5, 0.6) is 11.5 Å². The summed E-state index contributed by atoms with van der Waals surface area (Å²) in [4.78, 5) is 9.54. The molecule has 0 saturated carbocycles. The molecule has 0 atom stereocenters. The molecular weight excluding hydrogens is 1010 g/mol. The van der Waals surface area contributed by atoms with Gasteiger partial charge < -0.3 is 19.1 Å².